The van der Waals surface area contributed by atoms with Crippen LogP contribution in [0.5, 0.6) is 0 Å². The summed E-state index contributed by atoms with van der Waals surface area (Å²) in [6.45, 7) is 3.48. The number of rotatable bonds is 3. The first-order valence-electron chi connectivity index (χ1n) is 8.28. The van der Waals surface area contributed by atoms with Crippen molar-refractivity contribution in [2.75, 3.05) is 13.1 Å². The Labute approximate surface area is 139 Å². The molecule has 1 aliphatic rings. The van der Waals surface area contributed by atoms with E-state index in [0.717, 1.165) is 36.1 Å². The second kappa shape index (κ2) is 5.74. The van der Waals surface area contributed by atoms with Gasteiger partial charge >= 0.3 is 0 Å². The third-order valence-corrected chi connectivity index (χ3v) is 4.77. The van der Waals surface area contributed by atoms with Crippen LogP contribution in [-0.4, -0.2) is 48.4 Å². The molecule has 7 nitrogen and oxygen atoms in total. The molecular weight excluding hydrogens is 304 g/mol. The van der Waals surface area contributed by atoms with Crippen LogP contribution in [0.1, 0.15) is 35.7 Å². The van der Waals surface area contributed by atoms with Gasteiger partial charge in [0.1, 0.15) is 12.2 Å². The molecule has 1 fully saturated rings. The fourth-order valence-electron chi connectivity index (χ4n) is 3.50. The summed E-state index contributed by atoms with van der Waals surface area (Å²) in [6, 6.07) is 8.09. The molecule has 0 radical (unpaired) electrons. The van der Waals surface area contributed by atoms with E-state index >= 15 is 0 Å². The van der Waals surface area contributed by atoms with Gasteiger partial charge in [-0.1, -0.05) is 25.1 Å². The minimum Gasteiger partial charge on any atom is -0.335 e. The Morgan fingerprint density at radius 1 is 1.33 bits per heavy atom. The summed E-state index contributed by atoms with van der Waals surface area (Å²) >= 11 is 0. The Hall–Kier alpha value is -2.70. The van der Waals surface area contributed by atoms with Gasteiger partial charge in [0, 0.05) is 31.9 Å². The first kappa shape index (κ1) is 14.9. The Balaban J connectivity index is 1.59. The molecule has 7 heteroatoms. The number of para-hydroxylation sites is 1. The maximum atomic E-state index is 13.0. The Bertz CT molecular complexity index is 896. The van der Waals surface area contributed by atoms with E-state index in [2.05, 4.69) is 26.8 Å². The molecule has 0 unspecified atom stereocenters. The molecular formula is C17H20N6O. The number of aryl methyl sites for hydroxylation is 2. The molecule has 4 rings (SSSR count). The molecule has 0 bridgehead atoms. The smallest absolute Gasteiger partial charge is 0.275 e. The van der Waals surface area contributed by atoms with Gasteiger partial charge in [-0.15, -0.1) is 10.2 Å². The molecule has 0 N–H and O–H groups in total. The first-order chi connectivity index (χ1) is 11.7. The van der Waals surface area contributed by atoms with E-state index in [4.69, 9.17) is 0 Å². The third kappa shape index (κ3) is 2.28. The zero-order valence-corrected chi connectivity index (χ0v) is 13.9. The zero-order valence-electron chi connectivity index (χ0n) is 13.9. The number of nitrogens with zero attached hydrogens (tertiary/aromatic N) is 6. The Morgan fingerprint density at radius 3 is 3.00 bits per heavy atom. The molecule has 1 saturated heterocycles. The lowest BCUT2D eigenvalue weighted by Gasteiger charge is -2.16. The average molecular weight is 324 g/mol. The van der Waals surface area contributed by atoms with Gasteiger partial charge in [-0.25, -0.2) is 0 Å². The first-order valence-corrected chi connectivity index (χ1v) is 8.28. The van der Waals surface area contributed by atoms with Gasteiger partial charge in [0.15, 0.2) is 5.69 Å². The summed E-state index contributed by atoms with van der Waals surface area (Å²) in [5.74, 6) is 0.970. The van der Waals surface area contributed by atoms with E-state index in [1.165, 1.54) is 0 Å². The molecule has 1 atom stereocenters. The SMILES string of the molecule is CCc1nncn1[C@H]1CCN(C(=O)c2nn(C)c3ccccc23)C1. The third-order valence-electron chi connectivity index (χ3n) is 4.77. The molecule has 0 aliphatic carbocycles. The molecule has 1 amide bonds. The van der Waals surface area contributed by atoms with Crippen LogP contribution < -0.4 is 0 Å². The number of fused-ring (bicyclic) bond motifs is 1. The second-order valence-electron chi connectivity index (χ2n) is 6.19. The summed E-state index contributed by atoms with van der Waals surface area (Å²) in [4.78, 5) is 14.8. The molecule has 1 aromatic carbocycles. The summed E-state index contributed by atoms with van der Waals surface area (Å²) in [6.07, 6.45) is 3.53. The topological polar surface area (TPSA) is 68.8 Å². The molecule has 2 aromatic heterocycles. The Kier molecular flexibility index (Phi) is 3.55. The highest BCUT2D eigenvalue weighted by atomic mass is 16.2. The maximum absolute atomic E-state index is 13.0. The Morgan fingerprint density at radius 2 is 2.17 bits per heavy atom. The van der Waals surface area contributed by atoms with Crippen molar-refractivity contribution in [3.8, 4) is 0 Å². The summed E-state index contributed by atoms with van der Waals surface area (Å²) in [5, 5.41) is 13.5. The van der Waals surface area contributed by atoms with Crippen LogP contribution in [-0.2, 0) is 13.5 Å². The number of carbonyl (C=O) groups excluding carboxylic acids is 1. The fraction of sp³-hybridized carbons (Fsp3) is 0.412. The lowest BCUT2D eigenvalue weighted by atomic mass is 10.2. The number of amides is 1. The van der Waals surface area contributed by atoms with E-state index in [1.54, 1.807) is 11.0 Å². The van der Waals surface area contributed by atoms with Crippen LogP contribution in [0.15, 0.2) is 30.6 Å². The van der Waals surface area contributed by atoms with Crippen LogP contribution in [0.4, 0.5) is 0 Å². The monoisotopic (exact) mass is 324 g/mol. The van der Waals surface area contributed by atoms with E-state index in [0.29, 0.717) is 12.2 Å². The molecule has 24 heavy (non-hydrogen) atoms. The highest BCUT2D eigenvalue weighted by Gasteiger charge is 2.31. The minimum atomic E-state index is 0.000392. The molecule has 0 saturated carbocycles. The van der Waals surface area contributed by atoms with E-state index < -0.39 is 0 Å². The van der Waals surface area contributed by atoms with Crippen molar-refractivity contribution in [2.24, 2.45) is 7.05 Å². The minimum absolute atomic E-state index is 0.000392. The van der Waals surface area contributed by atoms with E-state index in [1.807, 2.05) is 36.2 Å². The number of benzene rings is 1. The highest BCUT2D eigenvalue weighted by molar-refractivity contribution is 6.04. The average Bonchev–Trinajstić information content (AvgIpc) is 3.32. The van der Waals surface area contributed by atoms with E-state index in [9.17, 15) is 4.79 Å². The summed E-state index contributed by atoms with van der Waals surface area (Å²) in [5.41, 5.74) is 1.51. The summed E-state index contributed by atoms with van der Waals surface area (Å²) < 4.78 is 3.87. The maximum Gasteiger partial charge on any atom is 0.275 e. The number of likely N-dealkylation sites (tertiary alicyclic amines) is 1. The molecule has 0 spiro atoms. The van der Waals surface area contributed by atoms with E-state index in [-0.39, 0.29) is 11.9 Å². The van der Waals surface area contributed by atoms with Gasteiger partial charge in [-0.3, -0.25) is 9.48 Å². The van der Waals surface area contributed by atoms with Gasteiger partial charge in [0.05, 0.1) is 11.6 Å². The standard InChI is InChI=1S/C17H20N6O/c1-3-15-19-18-11-23(15)12-8-9-22(10-12)17(24)16-13-6-4-5-7-14(13)21(2)20-16/h4-7,11-12H,3,8-10H2,1-2H3/t12-/m0/s1. The zero-order chi connectivity index (χ0) is 16.7. The van der Waals surface area contributed by atoms with Crippen molar-refractivity contribution >= 4 is 16.8 Å². The van der Waals surface area contributed by atoms with Gasteiger partial charge in [0.25, 0.3) is 5.91 Å². The van der Waals surface area contributed by atoms with Gasteiger partial charge < -0.3 is 9.47 Å². The normalized spacial score (nSPS) is 17.8. The van der Waals surface area contributed by atoms with Crippen LogP contribution >= 0.6 is 0 Å². The van der Waals surface area contributed by atoms with Crippen molar-refractivity contribution in [3.05, 3.63) is 42.1 Å². The lowest BCUT2D eigenvalue weighted by molar-refractivity contribution is 0.0782. The van der Waals surface area contributed by atoms with Crippen molar-refractivity contribution in [1.82, 2.24) is 29.4 Å². The highest BCUT2D eigenvalue weighted by Crippen LogP contribution is 2.26. The van der Waals surface area contributed by atoms with Crippen LogP contribution in [0, 0.1) is 0 Å². The summed E-state index contributed by atoms with van der Waals surface area (Å²) in [7, 11) is 1.87. The molecule has 124 valence electrons. The molecule has 1 aliphatic heterocycles. The molecule has 3 aromatic rings. The lowest BCUT2D eigenvalue weighted by Crippen LogP contribution is -2.29. The van der Waals surface area contributed by atoms with Crippen LogP contribution in [0.25, 0.3) is 10.9 Å². The van der Waals surface area contributed by atoms with Gasteiger partial charge in [-0.05, 0) is 12.5 Å². The van der Waals surface area contributed by atoms with Crippen molar-refractivity contribution in [3.63, 3.8) is 0 Å². The van der Waals surface area contributed by atoms with Crippen LogP contribution in [0.2, 0.25) is 0 Å². The van der Waals surface area contributed by atoms with Crippen molar-refractivity contribution < 1.29 is 4.79 Å². The number of hydrogen-bond donors (Lipinski definition) is 0. The molecule has 3 heterocycles. The predicted molar refractivity (Wildman–Crippen MR) is 89.7 cm³/mol. The number of carbonyl (C=O) groups is 1. The number of hydrogen-bond acceptors (Lipinski definition) is 4. The van der Waals surface area contributed by atoms with Crippen LogP contribution in [0.3, 0.4) is 0 Å². The van der Waals surface area contributed by atoms with Gasteiger partial charge in [-0.2, -0.15) is 5.10 Å². The van der Waals surface area contributed by atoms with Gasteiger partial charge in [0.2, 0.25) is 0 Å². The van der Waals surface area contributed by atoms with Crippen molar-refractivity contribution in [1.29, 1.82) is 0 Å². The fourth-order valence-corrected chi connectivity index (χ4v) is 3.50. The largest absolute Gasteiger partial charge is 0.335 e. The number of aromatic nitrogens is 5. The predicted octanol–water partition coefficient (Wildman–Crippen LogP) is 1.81. The quantitative estimate of drug-likeness (QED) is 0.737. The van der Waals surface area contributed by atoms with Crippen molar-refractivity contribution in [2.45, 2.75) is 25.8 Å². The second-order valence-corrected chi connectivity index (χ2v) is 6.19.